The number of aliphatic hydroxyl groups is 1. The summed E-state index contributed by atoms with van der Waals surface area (Å²) in [6.07, 6.45) is 7.45. The number of nitrogens with zero attached hydrogens (tertiary/aromatic N) is 1. The molecule has 0 unspecified atom stereocenters. The van der Waals surface area contributed by atoms with Gasteiger partial charge in [0.25, 0.3) is 0 Å². The molecule has 2 amide bonds. The molecule has 3 rings (SSSR count). The van der Waals surface area contributed by atoms with Gasteiger partial charge in [-0.05, 0) is 42.5 Å². The van der Waals surface area contributed by atoms with Gasteiger partial charge in [-0.2, -0.15) is 0 Å². The molecule has 3 atom stereocenters. The Morgan fingerprint density at radius 1 is 1.14 bits per heavy atom. The smallest absolute Gasteiger partial charge is 0.244 e. The van der Waals surface area contributed by atoms with Crippen LogP contribution in [0.1, 0.15) is 30.4 Å². The standard InChI is InChI=1S/C22H25N3O3/c26-20-10-9-18(22(28)24-15-17-7-4-12-23-14-17)13-19(20)25-21(27)11-8-16-5-2-1-3-6-16/h1-8,11-12,14,18-20,26H,9-10,13,15H2,(H,24,28)(H,25,27)/b11-8+/t18-,19+,20+/m0/s1. The highest BCUT2D eigenvalue weighted by Crippen LogP contribution is 2.25. The van der Waals surface area contributed by atoms with Crippen molar-refractivity contribution < 1.29 is 14.7 Å². The SMILES string of the molecule is O=C(/C=C/c1ccccc1)N[C@@H]1C[C@@H](C(=O)NCc2cccnc2)CC[C@H]1O. The van der Waals surface area contributed by atoms with Gasteiger partial charge in [0, 0.05) is 30.9 Å². The molecule has 1 aliphatic carbocycles. The molecule has 2 aromatic rings. The lowest BCUT2D eigenvalue weighted by Gasteiger charge is -2.32. The highest BCUT2D eigenvalue weighted by atomic mass is 16.3. The second kappa shape index (κ2) is 9.80. The van der Waals surface area contributed by atoms with Crippen LogP contribution in [0.3, 0.4) is 0 Å². The molecule has 1 heterocycles. The number of aromatic nitrogens is 1. The number of nitrogens with one attached hydrogen (secondary N) is 2. The minimum Gasteiger partial charge on any atom is -0.391 e. The lowest BCUT2D eigenvalue weighted by Crippen LogP contribution is -2.49. The van der Waals surface area contributed by atoms with Crippen molar-refractivity contribution in [3.63, 3.8) is 0 Å². The van der Waals surface area contributed by atoms with Crippen LogP contribution in [0.5, 0.6) is 0 Å². The number of carbonyl (C=O) groups is 2. The van der Waals surface area contributed by atoms with Crippen LogP contribution in [0.25, 0.3) is 6.08 Å². The third-order valence-electron chi connectivity index (χ3n) is 4.93. The van der Waals surface area contributed by atoms with Gasteiger partial charge in [0.15, 0.2) is 0 Å². The van der Waals surface area contributed by atoms with Crippen molar-refractivity contribution in [2.75, 3.05) is 0 Å². The maximum absolute atomic E-state index is 12.5. The van der Waals surface area contributed by atoms with Crippen molar-refractivity contribution in [3.8, 4) is 0 Å². The van der Waals surface area contributed by atoms with Crippen LogP contribution in [0.4, 0.5) is 0 Å². The van der Waals surface area contributed by atoms with Gasteiger partial charge in [-0.1, -0.05) is 36.4 Å². The number of carbonyl (C=O) groups excluding carboxylic acids is 2. The van der Waals surface area contributed by atoms with Crippen LogP contribution < -0.4 is 10.6 Å². The van der Waals surface area contributed by atoms with Gasteiger partial charge in [-0.25, -0.2) is 0 Å². The molecule has 6 heteroatoms. The first kappa shape index (κ1) is 19.8. The summed E-state index contributed by atoms with van der Waals surface area (Å²) in [5.74, 6) is -0.567. The highest BCUT2D eigenvalue weighted by molar-refractivity contribution is 5.92. The van der Waals surface area contributed by atoms with Crippen molar-refractivity contribution in [2.24, 2.45) is 5.92 Å². The summed E-state index contributed by atoms with van der Waals surface area (Å²) in [6, 6.07) is 12.8. The highest BCUT2D eigenvalue weighted by Gasteiger charge is 2.33. The van der Waals surface area contributed by atoms with E-state index in [0.29, 0.717) is 25.8 Å². The van der Waals surface area contributed by atoms with Gasteiger partial charge in [-0.3, -0.25) is 14.6 Å². The molecule has 6 nitrogen and oxygen atoms in total. The molecule has 1 fully saturated rings. The maximum atomic E-state index is 12.5. The zero-order valence-electron chi connectivity index (χ0n) is 15.6. The fourth-order valence-electron chi connectivity index (χ4n) is 3.35. The van der Waals surface area contributed by atoms with E-state index in [4.69, 9.17) is 0 Å². The summed E-state index contributed by atoms with van der Waals surface area (Å²) < 4.78 is 0. The Hall–Kier alpha value is -2.99. The van der Waals surface area contributed by atoms with Gasteiger partial charge in [0.2, 0.25) is 11.8 Å². The predicted octanol–water partition coefficient (Wildman–Crippen LogP) is 2.06. The van der Waals surface area contributed by atoms with Gasteiger partial charge >= 0.3 is 0 Å². The number of aliphatic hydroxyl groups excluding tert-OH is 1. The van der Waals surface area contributed by atoms with Gasteiger partial charge < -0.3 is 15.7 Å². The Morgan fingerprint density at radius 2 is 1.96 bits per heavy atom. The summed E-state index contributed by atoms with van der Waals surface area (Å²) in [5, 5.41) is 16.0. The lowest BCUT2D eigenvalue weighted by molar-refractivity contribution is -0.128. The van der Waals surface area contributed by atoms with E-state index in [2.05, 4.69) is 15.6 Å². The molecular formula is C22H25N3O3. The minimum absolute atomic E-state index is 0.0603. The number of hydrogen-bond donors (Lipinski definition) is 3. The minimum atomic E-state index is -0.642. The average molecular weight is 379 g/mol. The zero-order valence-corrected chi connectivity index (χ0v) is 15.6. The molecule has 1 aromatic carbocycles. The van der Waals surface area contributed by atoms with E-state index in [-0.39, 0.29) is 17.7 Å². The van der Waals surface area contributed by atoms with Gasteiger partial charge in [-0.15, -0.1) is 0 Å². The lowest BCUT2D eigenvalue weighted by atomic mass is 9.83. The largest absolute Gasteiger partial charge is 0.391 e. The third kappa shape index (κ3) is 5.76. The van der Waals surface area contributed by atoms with Crippen LogP contribution in [-0.2, 0) is 16.1 Å². The van der Waals surface area contributed by atoms with E-state index < -0.39 is 12.1 Å². The molecule has 1 aromatic heterocycles. The summed E-state index contributed by atoms with van der Waals surface area (Å²) >= 11 is 0. The van der Waals surface area contributed by atoms with E-state index in [9.17, 15) is 14.7 Å². The van der Waals surface area contributed by atoms with Gasteiger partial charge in [0.05, 0.1) is 12.1 Å². The van der Waals surface area contributed by atoms with E-state index in [1.807, 2.05) is 42.5 Å². The molecule has 3 N–H and O–H groups in total. The maximum Gasteiger partial charge on any atom is 0.244 e. The number of amides is 2. The molecule has 0 aliphatic heterocycles. The van der Waals surface area contributed by atoms with E-state index in [0.717, 1.165) is 11.1 Å². The number of pyridine rings is 1. The molecule has 1 aliphatic rings. The Bertz CT molecular complexity index is 808. The Kier molecular flexibility index (Phi) is 6.92. The Labute approximate surface area is 164 Å². The summed E-state index contributed by atoms with van der Waals surface area (Å²) in [4.78, 5) is 28.7. The topological polar surface area (TPSA) is 91.3 Å². The first-order valence-electron chi connectivity index (χ1n) is 9.50. The summed E-state index contributed by atoms with van der Waals surface area (Å²) in [6.45, 7) is 0.419. The normalized spacial score (nSPS) is 22.0. The van der Waals surface area contributed by atoms with Crippen LogP contribution in [0.2, 0.25) is 0 Å². The molecule has 0 bridgehead atoms. The second-order valence-electron chi connectivity index (χ2n) is 7.02. The summed E-state index contributed by atoms with van der Waals surface area (Å²) in [7, 11) is 0. The van der Waals surface area contributed by atoms with Crippen molar-refractivity contribution in [1.29, 1.82) is 0 Å². The van der Waals surface area contributed by atoms with Crippen LogP contribution in [0.15, 0.2) is 60.9 Å². The molecule has 1 saturated carbocycles. The fraction of sp³-hybridized carbons (Fsp3) is 0.318. The first-order chi connectivity index (χ1) is 13.6. The molecule has 28 heavy (non-hydrogen) atoms. The van der Waals surface area contributed by atoms with Gasteiger partial charge in [0.1, 0.15) is 0 Å². The van der Waals surface area contributed by atoms with E-state index in [1.165, 1.54) is 6.08 Å². The van der Waals surface area contributed by atoms with Crippen LogP contribution in [0, 0.1) is 5.92 Å². The number of rotatable bonds is 6. The Morgan fingerprint density at radius 3 is 2.71 bits per heavy atom. The van der Waals surface area contributed by atoms with Crippen LogP contribution in [-0.4, -0.2) is 34.1 Å². The number of hydrogen-bond acceptors (Lipinski definition) is 4. The number of benzene rings is 1. The van der Waals surface area contributed by atoms with E-state index >= 15 is 0 Å². The van der Waals surface area contributed by atoms with Crippen molar-refractivity contribution in [1.82, 2.24) is 15.6 Å². The molecule has 0 spiro atoms. The van der Waals surface area contributed by atoms with Crippen molar-refractivity contribution >= 4 is 17.9 Å². The monoisotopic (exact) mass is 379 g/mol. The molecular weight excluding hydrogens is 354 g/mol. The Balaban J connectivity index is 1.51. The zero-order chi connectivity index (χ0) is 19.8. The van der Waals surface area contributed by atoms with Crippen molar-refractivity contribution in [3.05, 3.63) is 72.1 Å². The van der Waals surface area contributed by atoms with Crippen LogP contribution >= 0.6 is 0 Å². The molecule has 146 valence electrons. The summed E-state index contributed by atoms with van der Waals surface area (Å²) in [5.41, 5.74) is 1.86. The quantitative estimate of drug-likeness (QED) is 0.670. The van der Waals surface area contributed by atoms with E-state index in [1.54, 1.807) is 18.5 Å². The molecule has 0 saturated heterocycles. The fourth-order valence-corrected chi connectivity index (χ4v) is 3.35. The average Bonchev–Trinajstić information content (AvgIpc) is 2.73. The second-order valence-corrected chi connectivity index (χ2v) is 7.02. The first-order valence-corrected chi connectivity index (χ1v) is 9.50. The molecule has 0 radical (unpaired) electrons. The predicted molar refractivity (Wildman–Crippen MR) is 107 cm³/mol. The van der Waals surface area contributed by atoms with Crippen molar-refractivity contribution in [2.45, 2.75) is 38.0 Å². The third-order valence-corrected chi connectivity index (χ3v) is 4.93.